The van der Waals surface area contributed by atoms with Crippen LogP contribution < -0.4 is 15.0 Å². The number of ether oxygens (including phenoxy) is 2. The van der Waals surface area contributed by atoms with Crippen LogP contribution in [0.1, 0.15) is 42.8 Å². The number of fused-ring (bicyclic) bond motifs is 2. The lowest BCUT2D eigenvalue weighted by atomic mass is 9.95. The van der Waals surface area contributed by atoms with Crippen molar-refractivity contribution in [1.82, 2.24) is 30.1 Å². The molecule has 4 heterocycles. The number of piperidine rings is 1. The van der Waals surface area contributed by atoms with E-state index in [1.165, 1.54) is 0 Å². The predicted molar refractivity (Wildman–Crippen MR) is 126 cm³/mol. The molecule has 0 amide bonds. The summed E-state index contributed by atoms with van der Waals surface area (Å²) in [6.45, 7) is 4.75. The summed E-state index contributed by atoms with van der Waals surface area (Å²) < 4.78 is 12.8. The van der Waals surface area contributed by atoms with E-state index in [0.29, 0.717) is 40.9 Å². The van der Waals surface area contributed by atoms with Crippen molar-refractivity contribution in [2.75, 3.05) is 19.9 Å². The Morgan fingerprint density at radius 2 is 1.85 bits per heavy atom. The number of hydrogen-bond donors (Lipinski definition) is 1. The van der Waals surface area contributed by atoms with Gasteiger partial charge < -0.3 is 14.5 Å². The summed E-state index contributed by atoms with van der Waals surface area (Å²) in [6.07, 6.45) is 2.14. The Morgan fingerprint density at radius 1 is 1.09 bits per heavy atom. The quantitative estimate of drug-likeness (QED) is 0.491. The van der Waals surface area contributed by atoms with E-state index in [1.54, 1.807) is 4.68 Å². The summed E-state index contributed by atoms with van der Waals surface area (Å²) >= 11 is 0. The van der Waals surface area contributed by atoms with Gasteiger partial charge in [0.05, 0.1) is 12.1 Å². The molecule has 9 heteroatoms. The molecule has 0 saturated carbocycles. The van der Waals surface area contributed by atoms with Crippen molar-refractivity contribution in [2.24, 2.45) is 5.92 Å². The Morgan fingerprint density at radius 3 is 2.65 bits per heavy atom. The molecule has 34 heavy (non-hydrogen) atoms. The van der Waals surface area contributed by atoms with E-state index in [0.717, 1.165) is 36.9 Å². The minimum absolute atomic E-state index is 0.149. The number of aromatic amines is 1. The zero-order chi connectivity index (χ0) is 23.1. The molecular weight excluding hydrogens is 432 g/mol. The maximum Gasteiger partial charge on any atom is 0.253 e. The van der Waals surface area contributed by atoms with Crippen LogP contribution in [-0.4, -0.2) is 50.0 Å². The summed E-state index contributed by atoms with van der Waals surface area (Å²) in [4.78, 5) is 18.8. The molecule has 2 aromatic heterocycles. The third-order valence-electron chi connectivity index (χ3n) is 6.82. The SMILES string of the molecule is CC1CCN([C@H](c2cc3cc4c(cc3[nH]c2=O)OCO4)c2nnnn2Cc2ccccc2)CC1. The average Bonchev–Trinajstić information content (AvgIpc) is 3.49. The van der Waals surface area contributed by atoms with Gasteiger partial charge in [-0.05, 0) is 60.0 Å². The van der Waals surface area contributed by atoms with Gasteiger partial charge in [0.25, 0.3) is 5.56 Å². The number of pyridine rings is 1. The van der Waals surface area contributed by atoms with E-state index >= 15 is 0 Å². The van der Waals surface area contributed by atoms with Crippen LogP contribution >= 0.6 is 0 Å². The molecule has 0 aliphatic carbocycles. The predicted octanol–water partition coefficient (Wildman–Crippen LogP) is 3.11. The zero-order valence-electron chi connectivity index (χ0n) is 19.0. The van der Waals surface area contributed by atoms with E-state index in [9.17, 15) is 4.79 Å². The van der Waals surface area contributed by atoms with Crippen molar-refractivity contribution in [3.05, 3.63) is 75.8 Å². The van der Waals surface area contributed by atoms with Crippen molar-refractivity contribution in [3.8, 4) is 11.5 Å². The lowest BCUT2D eigenvalue weighted by Gasteiger charge is -2.35. The highest BCUT2D eigenvalue weighted by Gasteiger charge is 2.32. The number of tetrazole rings is 1. The third kappa shape index (κ3) is 3.81. The van der Waals surface area contributed by atoms with Gasteiger partial charge in [-0.3, -0.25) is 9.69 Å². The molecule has 2 aromatic carbocycles. The Kier molecular flexibility index (Phi) is 5.26. The number of H-pyrrole nitrogens is 1. The maximum absolute atomic E-state index is 13.4. The van der Waals surface area contributed by atoms with Gasteiger partial charge in [0.2, 0.25) is 6.79 Å². The highest BCUT2D eigenvalue weighted by atomic mass is 16.7. The van der Waals surface area contributed by atoms with E-state index in [4.69, 9.17) is 9.47 Å². The highest BCUT2D eigenvalue weighted by molar-refractivity contribution is 5.83. The zero-order valence-corrected chi connectivity index (χ0v) is 19.0. The van der Waals surface area contributed by atoms with Crippen LogP contribution in [0.25, 0.3) is 10.9 Å². The van der Waals surface area contributed by atoms with Crippen molar-refractivity contribution in [3.63, 3.8) is 0 Å². The van der Waals surface area contributed by atoms with Crippen LogP contribution in [0.2, 0.25) is 0 Å². The van der Waals surface area contributed by atoms with Gasteiger partial charge in [-0.2, -0.15) is 0 Å². The second kappa shape index (κ2) is 8.57. The molecule has 0 radical (unpaired) electrons. The Balaban J connectivity index is 1.46. The molecule has 0 bridgehead atoms. The normalized spacial score (nSPS) is 17.3. The van der Waals surface area contributed by atoms with Crippen LogP contribution in [0, 0.1) is 5.92 Å². The summed E-state index contributed by atoms with van der Waals surface area (Å²) in [6, 6.07) is 15.4. The monoisotopic (exact) mass is 458 g/mol. The van der Waals surface area contributed by atoms with Gasteiger partial charge in [-0.25, -0.2) is 4.68 Å². The molecular formula is C25H26N6O3. The Labute approximate surface area is 196 Å². The number of likely N-dealkylation sites (tertiary alicyclic amines) is 1. The van der Waals surface area contributed by atoms with Gasteiger partial charge in [-0.1, -0.05) is 37.3 Å². The summed E-state index contributed by atoms with van der Waals surface area (Å²) in [7, 11) is 0. The van der Waals surface area contributed by atoms with Gasteiger partial charge in [-0.15, -0.1) is 5.10 Å². The fourth-order valence-electron chi connectivity index (χ4n) is 4.88. The summed E-state index contributed by atoms with van der Waals surface area (Å²) in [5, 5.41) is 13.6. The smallest absolute Gasteiger partial charge is 0.253 e. The van der Waals surface area contributed by atoms with Crippen molar-refractivity contribution < 1.29 is 9.47 Å². The van der Waals surface area contributed by atoms with E-state index in [2.05, 4.69) is 44.5 Å². The minimum atomic E-state index is -0.357. The first-order valence-corrected chi connectivity index (χ1v) is 11.7. The molecule has 2 aliphatic rings. The van der Waals surface area contributed by atoms with Crippen LogP contribution in [0.4, 0.5) is 0 Å². The van der Waals surface area contributed by atoms with Gasteiger partial charge >= 0.3 is 0 Å². The van der Waals surface area contributed by atoms with Gasteiger partial charge in [0, 0.05) is 17.0 Å². The van der Waals surface area contributed by atoms with E-state index < -0.39 is 0 Å². The number of rotatable bonds is 5. The summed E-state index contributed by atoms with van der Waals surface area (Å²) in [5.41, 5.74) is 2.30. The van der Waals surface area contributed by atoms with E-state index in [1.807, 2.05) is 36.4 Å². The molecule has 9 nitrogen and oxygen atoms in total. The van der Waals surface area contributed by atoms with Crippen molar-refractivity contribution in [1.29, 1.82) is 0 Å². The number of aromatic nitrogens is 5. The lowest BCUT2D eigenvalue weighted by molar-refractivity contribution is 0.149. The van der Waals surface area contributed by atoms with Crippen LogP contribution in [-0.2, 0) is 6.54 Å². The largest absolute Gasteiger partial charge is 0.454 e. The molecule has 174 valence electrons. The Hall–Kier alpha value is -3.72. The second-order valence-corrected chi connectivity index (χ2v) is 9.15. The molecule has 1 N–H and O–H groups in total. The second-order valence-electron chi connectivity index (χ2n) is 9.15. The van der Waals surface area contributed by atoms with Crippen molar-refractivity contribution >= 4 is 10.9 Å². The molecule has 0 unspecified atom stereocenters. The third-order valence-corrected chi connectivity index (χ3v) is 6.82. The molecule has 1 fully saturated rings. The fourth-order valence-corrected chi connectivity index (χ4v) is 4.88. The fraction of sp³-hybridized carbons (Fsp3) is 0.360. The first kappa shape index (κ1) is 20.9. The average molecular weight is 459 g/mol. The molecule has 1 saturated heterocycles. The van der Waals surface area contributed by atoms with Crippen LogP contribution in [0.5, 0.6) is 11.5 Å². The number of hydrogen-bond acceptors (Lipinski definition) is 7. The van der Waals surface area contributed by atoms with Crippen LogP contribution in [0.3, 0.4) is 0 Å². The lowest BCUT2D eigenvalue weighted by Crippen LogP contribution is -2.40. The van der Waals surface area contributed by atoms with E-state index in [-0.39, 0.29) is 18.4 Å². The first-order valence-electron chi connectivity index (χ1n) is 11.7. The first-order chi connectivity index (χ1) is 16.7. The van der Waals surface area contributed by atoms with Crippen LogP contribution in [0.15, 0.2) is 53.3 Å². The maximum atomic E-state index is 13.4. The highest BCUT2D eigenvalue weighted by Crippen LogP contribution is 2.37. The molecule has 0 spiro atoms. The minimum Gasteiger partial charge on any atom is -0.454 e. The number of nitrogens with zero attached hydrogens (tertiary/aromatic N) is 5. The Bertz CT molecular complexity index is 1370. The number of nitrogens with one attached hydrogen (secondary N) is 1. The topological polar surface area (TPSA) is 98.2 Å². The molecule has 2 aliphatic heterocycles. The standard InChI is InChI=1S/C25H26N6O3/c1-16-7-9-30(10-8-16)23(24-27-28-29-31(24)14-17-5-3-2-4-6-17)19-11-18-12-21-22(34-15-33-21)13-20(18)26-25(19)32/h2-6,11-13,16,23H,7-10,14-15H2,1H3,(H,26,32)/t23-/m1/s1. The molecule has 4 aromatic rings. The van der Waals surface area contributed by atoms with Gasteiger partial charge in [0.1, 0.15) is 6.04 Å². The van der Waals surface area contributed by atoms with Gasteiger partial charge in [0.15, 0.2) is 17.3 Å². The summed E-state index contributed by atoms with van der Waals surface area (Å²) in [5.74, 6) is 2.66. The molecule has 6 rings (SSSR count). The number of benzene rings is 2. The van der Waals surface area contributed by atoms with Crippen molar-refractivity contribution in [2.45, 2.75) is 32.4 Å². The molecule has 1 atom stereocenters.